The van der Waals surface area contributed by atoms with Crippen molar-refractivity contribution in [3.05, 3.63) is 35.4 Å². The molecule has 1 aromatic carbocycles. The van der Waals surface area contributed by atoms with Crippen LogP contribution in [-0.2, 0) is 0 Å². The van der Waals surface area contributed by atoms with Crippen molar-refractivity contribution in [2.75, 3.05) is 23.0 Å². The molecule has 21 heavy (non-hydrogen) atoms. The van der Waals surface area contributed by atoms with Crippen molar-refractivity contribution in [3.8, 4) is 0 Å². The zero-order valence-corrected chi connectivity index (χ0v) is 16.4. The molecule has 4 unspecified atom stereocenters. The fourth-order valence-corrected chi connectivity index (χ4v) is 10.1. The topological polar surface area (TPSA) is 20.2 Å². The highest BCUT2D eigenvalue weighted by Gasteiger charge is 2.28. The maximum atomic E-state index is 8.97. The van der Waals surface area contributed by atoms with Crippen LogP contribution in [0, 0.1) is 0 Å². The Labute approximate surface area is 153 Å². The van der Waals surface area contributed by atoms with Gasteiger partial charge in [-0.3, -0.25) is 0 Å². The molecule has 2 aliphatic heterocycles. The zero-order chi connectivity index (χ0) is 14.7. The fraction of sp³-hybridized carbons (Fsp3) is 0.571. The van der Waals surface area contributed by atoms with Gasteiger partial charge in [0, 0.05) is 33.5 Å². The first kappa shape index (κ1) is 17.1. The predicted octanol–water partition coefficient (Wildman–Crippen LogP) is 5.52. The molecule has 0 spiro atoms. The van der Waals surface area contributed by atoms with Gasteiger partial charge in [-0.05, 0) is 23.2 Å². The Balaban J connectivity index is 1.60. The van der Waals surface area contributed by atoms with Crippen molar-refractivity contribution in [3.63, 3.8) is 0 Å². The van der Waals surface area contributed by atoms with Crippen LogP contribution in [0.1, 0.15) is 20.3 Å². The number of rotatable bonds is 5. The third-order valence-electron chi connectivity index (χ3n) is 3.44. The van der Waals surface area contributed by atoms with Gasteiger partial charge in [0.25, 0.3) is 0 Å². The highest BCUT2D eigenvalue weighted by molar-refractivity contribution is 8.20. The number of thiol groups is 1. The van der Waals surface area contributed by atoms with Crippen molar-refractivity contribution < 1.29 is 4.55 Å². The van der Waals surface area contributed by atoms with E-state index in [-0.39, 0.29) is 0 Å². The second-order valence-electron chi connectivity index (χ2n) is 4.99. The van der Waals surface area contributed by atoms with E-state index in [1.54, 1.807) is 0 Å². The van der Waals surface area contributed by atoms with E-state index in [2.05, 4.69) is 48.7 Å². The molecule has 0 aliphatic carbocycles. The summed E-state index contributed by atoms with van der Waals surface area (Å²) >= 11 is 13.5. The van der Waals surface area contributed by atoms with Gasteiger partial charge in [0.05, 0.1) is 9.16 Å². The van der Waals surface area contributed by atoms with Gasteiger partial charge in [0.1, 0.15) is 0 Å². The van der Waals surface area contributed by atoms with Gasteiger partial charge in [0.2, 0.25) is 0 Å². The number of hydrogen-bond donors (Lipinski definition) is 2. The van der Waals surface area contributed by atoms with E-state index in [0.717, 1.165) is 29.3 Å². The maximum Gasteiger partial charge on any atom is 0.0755 e. The third-order valence-corrected chi connectivity index (χ3v) is 11.6. The molecule has 0 radical (unpaired) electrons. The lowest BCUT2D eigenvalue weighted by Gasteiger charge is -2.13. The first-order chi connectivity index (χ1) is 10.3. The molecule has 0 saturated carbocycles. The largest absolute Gasteiger partial charge is 0.330 e. The Hall–Kier alpha value is 1.28. The molecule has 2 heterocycles. The van der Waals surface area contributed by atoms with Gasteiger partial charge < -0.3 is 4.55 Å². The molecular formula is C14H18OS6. The molecule has 1 aromatic rings. The van der Waals surface area contributed by atoms with Crippen LogP contribution in [0.4, 0.5) is 0 Å². The summed E-state index contributed by atoms with van der Waals surface area (Å²) in [4.78, 5) is 0. The lowest BCUT2D eigenvalue weighted by molar-refractivity contribution is 0.663. The van der Waals surface area contributed by atoms with Gasteiger partial charge >= 0.3 is 0 Å². The van der Waals surface area contributed by atoms with Crippen LogP contribution >= 0.6 is 71.7 Å². The number of hydrogen-bond acceptors (Lipinski definition) is 7. The Bertz CT molecular complexity index is 453. The summed E-state index contributed by atoms with van der Waals surface area (Å²) in [5.74, 6) is 4.18. The molecular weight excluding hydrogens is 377 g/mol. The van der Waals surface area contributed by atoms with Crippen molar-refractivity contribution in [2.45, 2.75) is 19.7 Å². The van der Waals surface area contributed by atoms with E-state index in [1.807, 2.05) is 35.3 Å². The van der Waals surface area contributed by atoms with Crippen LogP contribution in [0.3, 0.4) is 0 Å². The van der Waals surface area contributed by atoms with Gasteiger partial charge in [-0.15, -0.1) is 47.0 Å². The molecule has 0 bridgehead atoms. The Morgan fingerprint density at radius 1 is 1.00 bits per heavy atom. The minimum Gasteiger partial charge on any atom is -0.330 e. The summed E-state index contributed by atoms with van der Waals surface area (Å²) in [6.07, 6.45) is 0. The van der Waals surface area contributed by atoms with E-state index in [9.17, 15) is 0 Å². The summed E-state index contributed by atoms with van der Waals surface area (Å²) in [6, 6.07) is 9.19. The summed E-state index contributed by atoms with van der Waals surface area (Å²) in [7, 11) is 0. The molecule has 7 heteroatoms. The van der Waals surface area contributed by atoms with Crippen molar-refractivity contribution >= 4 is 71.7 Å². The van der Waals surface area contributed by atoms with Gasteiger partial charge in [0.15, 0.2) is 0 Å². The van der Waals surface area contributed by atoms with Gasteiger partial charge in [-0.25, -0.2) is 0 Å². The smallest absolute Gasteiger partial charge is 0.0755 e. The second kappa shape index (κ2) is 8.40. The van der Waals surface area contributed by atoms with Crippen LogP contribution in [0.2, 0.25) is 0 Å². The lowest BCUT2D eigenvalue weighted by Crippen LogP contribution is -2.03. The van der Waals surface area contributed by atoms with Crippen LogP contribution in [-0.4, -0.2) is 38.1 Å². The monoisotopic (exact) mass is 394 g/mol. The Kier molecular flexibility index (Phi) is 6.85. The molecule has 4 atom stereocenters. The number of benzene rings is 1. The second-order valence-corrected chi connectivity index (χ2v) is 11.6. The molecule has 3 rings (SSSR count). The van der Waals surface area contributed by atoms with E-state index in [4.69, 9.17) is 4.55 Å². The summed E-state index contributed by atoms with van der Waals surface area (Å²) in [6.45, 7) is 0. The molecule has 0 amide bonds. The normalized spacial score (nSPS) is 32.7. The molecule has 0 aromatic heterocycles. The first-order valence-electron chi connectivity index (χ1n) is 6.81. The van der Waals surface area contributed by atoms with Crippen molar-refractivity contribution in [2.24, 2.45) is 0 Å². The minimum atomic E-state index is 0.533. The van der Waals surface area contributed by atoms with Crippen LogP contribution in [0.15, 0.2) is 24.3 Å². The van der Waals surface area contributed by atoms with Gasteiger partial charge in [-0.2, -0.15) is 12.6 Å². The van der Waals surface area contributed by atoms with Crippen LogP contribution < -0.4 is 0 Å². The highest BCUT2D eigenvalue weighted by atomic mass is 32.2. The average Bonchev–Trinajstić information content (AvgIpc) is 3.17. The highest BCUT2D eigenvalue weighted by Crippen LogP contribution is 2.52. The SMILES string of the molecule is OSCC1CSC(c2ccc(C3SCC(CS)S3)cc2)S1. The maximum absolute atomic E-state index is 8.97. The number of thioether (sulfide) groups is 4. The van der Waals surface area contributed by atoms with Crippen LogP contribution in [0.5, 0.6) is 0 Å². The van der Waals surface area contributed by atoms with Crippen molar-refractivity contribution in [1.29, 1.82) is 0 Å². The predicted molar refractivity (Wildman–Crippen MR) is 109 cm³/mol. The van der Waals surface area contributed by atoms with E-state index < -0.39 is 0 Å². The molecule has 2 fully saturated rings. The molecule has 1 N–H and O–H groups in total. The van der Waals surface area contributed by atoms with Crippen molar-refractivity contribution in [1.82, 2.24) is 0 Å². The van der Waals surface area contributed by atoms with E-state index in [0.29, 0.717) is 19.7 Å². The molecule has 1 nitrogen and oxygen atoms in total. The summed E-state index contributed by atoms with van der Waals surface area (Å²) in [5, 5.41) is 1.27. The zero-order valence-electron chi connectivity index (χ0n) is 11.4. The fourth-order valence-electron chi connectivity index (χ4n) is 2.32. The summed E-state index contributed by atoms with van der Waals surface area (Å²) < 4.78 is 10.1. The molecule has 116 valence electrons. The average molecular weight is 395 g/mol. The van der Waals surface area contributed by atoms with E-state index in [1.165, 1.54) is 16.9 Å². The third kappa shape index (κ3) is 4.43. The first-order valence-corrected chi connectivity index (χ1v) is 12.4. The Morgan fingerprint density at radius 2 is 1.52 bits per heavy atom. The standard InChI is InChI=1S/C14H18OS6/c15-19-8-12-7-18-14(21-12)10-3-1-9(2-4-10)13-17-6-11(5-16)20-13/h1-4,11-16H,5-8H2. The lowest BCUT2D eigenvalue weighted by atomic mass is 10.2. The van der Waals surface area contributed by atoms with E-state index >= 15 is 0 Å². The molecule has 2 aliphatic rings. The summed E-state index contributed by atoms with van der Waals surface area (Å²) in [5.41, 5.74) is 2.85. The van der Waals surface area contributed by atoms with Gasteiger partial charge in [-0.1, -0.05) is 24.3 Å². The van der Waals surface area contributed by atoms with Crippen LogP contribution in [0.25, 0.3) is 0 Å². The minimum absolute atomic E-state index is 0.533. The Morgan fingerprint density at radius 3 is 2.00 bits per heavy atom. The molecule has 2 saturated heterocycles. The quantitative estimate of drug-likeness (QED) is 0.503.